The zero-order chi connectivity index (χ0) is 17.5. The van der Waals surface area contributed by atoms with E-state index in [1.807, 2.05) is 0 Å². The third-order valence-electron chi connectivity index (χ3n) is 5.22. The number of imidazole rings is 1. The first-order chi connectivity index (χ1) is 11.8. The van der Waals surface area contributed by atoms with Crippen molar-refractivity contribution in [3.05, 3.63) is 18.7 Å². The molecular weight excluding hydrogens is 292 g/mol. The molecule has 1 aromatic rings. The van der Waals surface area contributed by atoms with E-state index in [9.17, 15) is 0 Å². The zero-order valence-electron chi connectivity index (χ0n) is 16.8. The minimum atomic E-state index is 0.645. The van der Waals surface area contributed by atoms with Gasteiger partial charge >= 0.3 is 0 Å². The van der Waals surface area contributed by atoms with Gasteiger partial charge in [0.05, 0.1) is 12.6 Å². The topological polar surface area (TPSA) is 8.81 Å². The van der Waals surface area contributed by atoms with Crippen LogP contribution >= 0.6 is 0 Å². The van der Waals surface area contributed by atoms with Crippen LogP contribution in [0.3, 0.4) is 0 Å². The number of hydrogen-bond donors (Lipinski definition) is 0. The molecule has 1 unspecified atom stereocenters. The molecule has 0 saturated carbocycles. The van der Waals surface area contributed by atoms with Gasteiger partial charge in [-0.15, -0.1) is 0 Å². The number of hydrogen-bond acceptors (Lipinski definition) is 0. The van der Waals surface area contributed by atoms with Crippen LogP contribution in [0.1, 0.15) is 117 Å². The summed E-state index contributed by atoms with van der Waals surface area (Å²) in [6, 6.07) is 0.645. The van der Waals surface area contributed by atoms with Gasteiger partial charge in [0.2, 0.25) is 6.33 Å². The molecular formula is C22H43N2+. The van der Waals surface area contributed by atoms with Crippen LogP contribution in [0.4, 0.5) is 0 Å². The van der Waals surface area contributed by atoms with Crippen molar-refractivity contribution in [2.24, 2.45) is 0 Å². The van der Waals surface area contributed by atoms with E-state index in [0.29, 0.717) is 6.04 Å². The number of aryl methyl sites for hydroxylation is 1. The molecule has 1 heterocycles. The monoisotopic (exact) mass is 335 g/mol. The summed E-state index contributed by atoms with van der Waals surface area (Å²) in [6.45, 7) is 8.07. The average Bonchev–Trinajstić information content (AvgIpc) is 3.06. The SMILES string of the molecule is CCCCCCCCCCCCCC(C)n1cc[n+](CCCC)c1. The van der Waals surface area contributed by atoms with Crippen LogP contribution in [0.15, 0.2) is 18.7 Å². The fourth-order valence-electron chi connectivity index (χ4n) is 3.40. The van der Waals surface area contributed by atoms with E-state index in [4.69, 9.17) is 0 Å². The predicted molar refractivity (Wildman–Crippen MR) is 105 cm³/mol. The lowest BCUT2D eigenvalue weighted by molar-refractivity contribution is -0.697. The first kappa shape index (κ1) is 21.3. The Kier molecular flexibility index (Phi) is 12.9. The van der Waals surface area contributed by atoms with Gasteiger partial charge in [0, 0.05) is 0 Å². The second kappa shape index (κ2) is 14.5. The van der Waals surface area contributed by atoms with Crippen LogP contribution in [-0.2, 0) is 6.54 Å². The Hall–Kier alpha value is -0.790. The second-order valence-corrected chi connectivity index (χ2v) is 7.63. The molecule has 0 aliphatic heterocycles. The standard InChI is InChI=1S/C22H43N2/c1-4-6-8-9-10-11-12-13-14-15-16-17-22(3)24-20-19-23(21-24)18-7-5-2/h19-22H,4-18H2,1-3H3/q+1. The Morgan fingerprint density at radius 1 is 0.750 bits per heavy atom. The van der Waals surface area contributed by atoms with E-state index in [1.54, 1.807) is 0 Å². The molecule has 24 heavy (non-hydrogen) atoms. The van der Waals surface area contributed by atoms with Crippen LogP contribution in [0.5, 0.6) is 0 Å². The molecule has 140 valence electrons. The molecule has 2 heteroatoms. The largest absolute Gasteiger partial charge is 0.243 e. The normalized spacial score (nSPS) is 12.6. The molecule has 0 aliphatic carbocycles. The smallest absolute Gasteiger partial charge is 0.237 e. The summed E-state index contributed by atoms with van der Waals surface area (Å²) >= 11 is 0. The highest BCUT2D eigenvalue weighted by molar-refractivity contribution is 4.72. The molecule has 0 N–H and O–H groups in total. The van der Waals surface area contributed by atoms with Gasteiger partial charge in [-0.25, -0.2) is 9.13 Å². The maximum absolute atomic E-state index is 2.39. The Labute approximate surface area is 151 Å². The first-order valence-electron chi connectivity index (χ1n) is 10.8. The summed E-state index contributed by atoms with van der Waals surface area (Å²) in [6.07, 6.45) is 26.4. The van der Waals surface area contributed by atoms with Crippen molar-refractivity contribution in [2.45, 2.75) is 123 Å². The molecule has 0 spiro atoms. The lowest BCUT2D eigenvalue weighted by Crippen LogP contribution is -2.30. The molecule has 1 aromatic heterocycles. The first-order valence-corrected chi connectivity index (χ1v) is 10.8. The average molecular weight is 336 g/mol. The maximum Gasteiger partial charge on any atom is 0.243 e. The van der Waals surface area contributed by atoms with Gasteiger partial charge in [-0.05, 0) is 26.2 Å². The van der Waals surface area contributed by atoms with Crippen LogP contribution in [0.25, 0.3) is 0 Å². The fourth-order valence-corrected chi connectivity index (χ4v) is 3.40. The Morgan fingerprint density at radius 3 is 1.88 bits per heavy atom. The van der Waals surface area contributed by atoms with Crippen molar-refractivity contribution in [1.29, 1.82) is 0 Å². The van der Waals surface area contributed by atoms with E-state index >= 15 is 0 Å². The summed E-state index contributed by atoms with van der Waals surface area (Å²) in [4.78, 5) is 0. The Bertz CT molecular complexity index is 383. The van der Waals surface area contributed by atoms with Gasteiger partial charge in [-0.3, -0.25) is 0 Å². The minimum absolute atomic E-state index is 0.645. The third-order valence-corrected chi connectivity index (χ3v) is 5.22. The summed E-state index contributed by atoms with van der Waals surface area (Å²) in [5.41, 5.74) is 0. The lowest BCUT2D eigenvalue weighted by atomic mass is 10.0. The minimum Gasteiger partial charge on any atom is -0.237 e. The molecule has 1 rings (SSSR count). The van der Waals surface area contributed by atoms with E-state index in [1.165, 1.54) is 89.9 Å². The number of nitrogens with zero attached hydrogens (tertiary/aromatic N) is 2. The van der Waals surface area contributed by atoms with Crippen LogP contribution < -0.4 is 4.57 Å². The van der Waals surface area contributed by atoms with Crippen molar-refractivity contribution < 1.29 is 4.57 Å². The second-order valence-electron chi connectivity index (χ2n) is 7.63. The van der Waals surface area contributed by atoms with Gasteiger partial charge in [0.25, 0.3) is 0 Å². The van der Waals surface area contributed by atoms with Crippen LogP contribution in [-0.4, -0.2) is 4.57 Å². The lowest BCUT2D eigenvalue weighted by Gasteiger charge is -2.08. The summed E-state index contributed by atoms with van der Waals surface area (Å²) in [7, 11) is 0. The van der Waals surface area contributed by atoms with Crippen molar-refractivity contribution in [3.63, 3.8) is 0 Å². The van der Waals surface area contributed by atoms with E-state index < -0.39 is 0 Å². The quantitative estimate of drug-likeness (QED) is 0.231. The molecule has 0 fully saturated rings. The molecule has 0 amide bonds. The van der Waals surface area contributed by atoms with E-state index in [-0.39, 0.29) is 0 Å². The van der Waals surface area contributed by atoms with Crippen molar-refractivity contribution >= 4 is 0 Å². The van der Waals surface area contributed by atoms with Gasteiger partial charge in [-0.1, -0.05) is 84.5 Å². The third kappa shape index (κ3) is 10.2. The molecule has 0 radical (unpaired) electrons. The van der Waals surface area contributed by atoms with Gasteiger partial charge < -0.3 is 0 Å². The molecule has 1 atom stereocenters. The predicted octanol–water partition coefficient (Wildman–Crippen LogP) is 6.84. The van der Waals surface area contributed by atoms with Crippen LogP contribution in [0.2, 0.25) is 0 Å². The van der Waals surface area contributed by atoms with E-state index in [2.05, 4.69) is 48.6 Å². The number of rotatable bonds is 16. The number of unbranched alkanes of at least 4 members (excludes halogenated alkanes) is 11. The molecule has 0 saturated heterocycles. The highest BCUT2D eigenvalue weighted by Crippen LogP contribution is 2.16. The zero-order valence-corrected chi connectivity index (χ0v) is 16.8. The van der Waals surface area contributed by atoms with Gasteiger partial charge in [0.1, 0.15) is 12.4 Å². The van der Waals surface area contributed by atoms with Gasteiger partial charge in [-0.2, -0.15) is 0 Å². The fraction of sp³-hybridized carbons (Fsp3) is 0.864. The van der Waals surface area contributed by atoms with Crippen molar-refractivity contribution in [3.8, 4) is 0 Å². The highest BCUT2D eigenvalue weighted by atomic mass is 15.1. The van der Waals surface area contributed by atoms with Crippen molar-refractivity contribution in [1.82, 2.24) is 4.57 Å². The van der Waals surface area contributed by atoms with E-state index in [0.717, 1.165) is 6.54 Å². The maximum atomic E-state index is 2.39. The Balaban J connectivity index is 1.96. The summed E-state index contributed by atoms with van der Waals surface area (Å²) < 4.78 is 4.73. The molecule has 0 aromatic carbocycles. The highest BCUT2D eigenvalue weighted by Gasteiger charge is 2.11. The molecule has 0 aliphatic rings. The van der Waals surface area contributed by atoms with Crippen molar-refractivity contribution in [2.75, 3.05) is 0 Å². The van der Waals surface area contributed by atoms with Crippen LogP contribution in [0, 0.1) is 0 Å². The number of aromatic nitrogens is 2. The Morgan fingerprint density at radius 2 is 1.29 bits per heavy atom. The molecule has 0 bridgehead atoms. The molecule has 2 nitrogen and oxygen atoms in total. The summed E-state index contributed by atoms with van der Waals surface area (Å²) in [5.74, 6) is 0. The summed E-state index contributed by atoms with van der Waals surface area (Å²) in [5, 5.41) is 0. The van der Waals surface area contributed by atoms with Gasteiger partial charge in [0.15, 0.2) is 0 Å².